The quantitative estimate of drug-likeness (QED) is 0.842. The van der Waals surface area contributed by atoms with Crippen molar-refractivity contribution in [1.29, 1.82) is 0 Å². The minimum absolute atomic E-state index is 0.0655. The number of hydrogen-bond acceptors (Lipinski definition) is 3. The average molecular weight is 311 g/mol. The largest absolute Gasteiger partial charge is 0.497 e. The van der Waals surface area contributed by atoms with Gasteiger partial charge in [-0.1, -0.05) is 23.8 Å². The smallest absolute Gasteiger partial charge is 0.143 e. The first kappa shape index (κ1) is 14.6. The van der Waals surface area contributed by atoms with E-state index in [-0.39, 0.29) is 10.0 Å². The highest BCUT2D eigenvalue weighted by Gasteiger charge is 2.08. The average Bonchev–Trinajstić information content (AvgIpc) is 2.42. The molecule has 20 heavy (non-hydrogen) atoms. The van der Waals surface area contributed by atoms with Crippen LogP contribution >= 0.6 is 23.8 Å². The molecule has 0 spiro atoms. The van der Waals surface area contributed by atoms with Crippen molar-refractivity contribution < 1.29 is 9.13 Å². The minimum Gasteiger partial charge on any atom is -0.497 e. The Morgan fingerprint density at radius 3 is 2.65 bits per heavy atom. The predicted octanol–water partition coefficient (Wildman–Crippen LogP) is 3.87. The summed E-state index contributed by atoms with van der Waals surface area (Å²) < 4.78 is 18.6. The summed E-state index contributed by atoms with van der Waals surface area (Å²) in [6.45, 7) is 0. The van der Waals surface area contributed by atoms with Gasteiger partial charge in [0.25, 0.3) is 0 Å². The second-order valence-electron chi connectivity index (χ2n) is 4.03. The van der Waals surface area contributed by atoms with Crippen LogP contribution in [0.15, 0.2) is 36.4 Å². The van der Waals surface area contributed by atoms with Crippen LogP contribution in [0.4, 0.5) is 15.8 Å². The van der Waals surface area contributed by atoms with Gasteiger partial charge in [0.1, 0.15) is 16.6 Å². The molecule has 3 nitrogen and oxygen atoms in total. The molecular weight excluding hydrogens is 299 g/mol. The third-order valence-corrected chi connectivity index (χ3v) is 3.22. The van der Waals surface area contributed by atoms with Gasteiger partial charge in [-0.25, -0.2) is 4.39 Å². The number of thiocarbonyl (C=S) groups is 1. The van der Waals surface area contributed by atoms with Gasteiger partial charge < -0.3 is 15.8 Å². The van der Waals surface area contributed by atoms with Crippen molar-refractivity contribution in [2.24, 2.45) is 5.73 Å². The molecule has 0 aromatic heterocycles. The SMILES string of the molecule is COc1ccc(C(N)=S)c(Nc2ccc(Cl)c(F)c2)c1. The number of methoxy groups -OCH3 is 1. The molecule has 2 rings (SSSR count). The van der Waals surface area contributed by atoms with Crippen molar-refractivity contribution in [3.8, 4) is 5.75 Å². The molecule has 3 N–H and O–H groups in total. The highest BCUT2D eigenvalue weighted by atomic mass is 35.5. The van der Waals surface area contributed by atoms with Gasteiger partial charge >= 0.3 is 0 Å². The molecule has 0 aliphatic heterocycles. The molecule has 0 unspecified atom stereocenters. The zero-order chi connectivity index (χ0) is 14.7. The molecule has 2 aromatic rings. The zero-order valence-corrected chi connectivity index (χ0v) is 12.2. The zero-order valence-electron chi connectivity index (χ0n) is 10.6. The van der Waals surface area contributed by atoms with E-state index in [2.05, 4.69) is 5.32 Å². The van der Waals surface area contributed by atoms with Crippen LogP contribution in [-0.4, -0.2) is 12.1 Å². The number of ether oxygens (including phenoxy) is 1. The summed E-state index contributed by atoms with van der Waals surface area (Å²) in [6, 6.07) is 9.66. The molecule has 0 amide bonds. The van der Waals surface area contributed by atoms with Crippen LogP contribution in [-0.2, 0) is 0 Å². The standard InChI is InChI=1S/C14H12ClFN2OS/c1-19-9-3-4-10(14(17)20)13(7-9)18-8-2-5-11(15)12(16)6-8/h2-7,18H,1H3,(H2,17,20). The molecule has 0 saturated carbocycles. The number of benzene rings is 2. The van der Waals surface area contributed by atoms with Gasteiger partial charge in [-0.3, -0.25) is 0 Å². The first-order valence-corrected chi connectivity index (χ1v) is 6.50. The van der Waals surface area contributed by atoms with E-state index in [1.807, 2.05) is 0 Å². The van der Waals surface area contributed by atoms with Crippen molar-refractivity contribution in [3.63, 3.8) is 0 Å². The molecule has 0 atom stereocenters. The van der Waals surface area contributed by atoms with Crippen molar-refractivity contribution in [2.75, 3.05) is 12.4 Å². The fraction of sp³-hybridized carbons (Fsp3) is 0.0714. The summed E-state index contributed by atoms with van der Waals surface area (Å²) in [4.78, 5) is 0.240. The molecule has 6 heteroatoms. The lowest BCUT2D eigenvalue weighted by Gasteiger charge is -2.13. The van der Waals surface area contributed by atoms with E-state index in [9.17, 15) is 4.39 Å². The van der Waals surface area contributed by atoms with Crippen molar-refractivity contribution in [3.05, 3.63) is 52.8 Å². The normalized spacial score (nSPS) is 10.2. The van der Waals surface area contributed by atoms with Gasteiger partial charge in [-0.15, -0.1) is 0 Å². The fourth-order valence-corrected chi connectivity index (χ4v) is 1.99. The Morgan fingerprint density at radius 1 is 1.30 bits per heavy atom. The first-order valence-electron chi connectivity index (χ1n) is 5.71. The Hall–Kier alpha value is -1.85. The maximum absolute atomic E-state index is 13.4. The number of rotatable bonds is 4. The van der Waals surface area contributed by atoms with E-state index in [0.29, 0.717) is 22.7 Å². The summed E-state index contributed by atoms with van der Waals surface area (Å²) in [5.74, 6) is 0.137. The van der Waals surface area contributed by atoms with Crippen LogP contribution in [0.2, 0.25) is 5.02 Å². The Balaban J connectivity index is 2.40. The van der Waals surface area contributed by atoms with Crippen LogP contribution in [0.25, 0.3) is 0 Å². The Bertz CT molecular complexity index is 664. The maximum atomic E-state index is 13.4. The number of anilines is 2. The molecular formula is C14H12ClFN2OS. The second kappa shape index (κ2) is 6.07. The Morgan fingerprint density at radius 2 is 2.05 bits per heavy atom. The first-order chi connectivity index (χ1) is 9.51. The Kier molecular flexibility index (Phi) is 4.42. The summed E-state index contributed by atoms with van der Waals surface area (Å²) >= 11 is 10.6. The molecule has 0 heterocycles. The van der Waals surface area contributed by atoms with Crippen molar-refractivity contribution >= 4 is 40.2 Å². The molecule has 0 fully saturated rings. The third-order valence-electron chi connectivity index (χ3n) is 2.69. The van der Waals surface area contributed by atoms with Gasteiger partial charge in [0.2, 0.25) is 0 Å². The molecule has 2 aromatic carbocycles. The molecule has 0 bridgehead atoms. The van der Waals surface area contributed by atoms with Gasteiger partial charge in [0.05, 0.1) is 17.8 Å². The van der Waals surface area contributed by atoms with E-state index >= 15 is 0 Å². The Labute approximate surface area is 126 Å². The molecule has 0 aliphatic rings. The van der Waals surface area contributed by atoms with E-state index < -0.39 is 5.82 Å². The summed E-state index contributed by atoms with van der Waals surface area (Å²) in [5, 5.41) is 3.12. The van der Waals surface area contributed by atoms with Gasteiger partial charge in [-0.05, 0) is 30.3 Å². The van der Waals surface area contributed by atoms with E-state index in [0.717, 1.165) is 0 Å². The fourth-order valence-electron chi connectivity index (χ4n) is 1.70. The molecule has 0 saturated heterocycles. The summed E-state index contributed by atoms with van der Waals surface area (Å²) in [5.41, 5.74) is 7.50. The number of nitrogens with two attached hydrogens (primary N) is 1. The third kappa shape index (κ3) is 3.18. The number of nitrogens with one attached hydrogen (secondary N) is 1. The maximum Gasteiger partial charge on any atom is 0.143 e. The van der Waals surface area contributed by atoms with Crippen LogP contribution < -0.4 is 15.8 Å². The summed E-state index contributed by atoms with van der Waals surface area (Å²) in [6.07, 6.45) is 0. The minimum atomic E-state index is -0.503. The van der Waals surface area contributed by atoms with Crippen LogP contribution in [0, 0.1) is 5.82 Å². The highest BCUT2D eigenvalue weighted by Crippen LogP contribution is 2.27. The van der Waals surface area contributed by atoms with Crippen LogP contribution in [0.5, 0.6) is 5.75 Å². The van der Waals surface area contributed by atoms with Gasteiger partial charge in [-0.2, -0.15) is 0 Å². The van der Waals surface area contributed by atoms with Gasteiger partial charge in [0.15, 0.2) is 0 Å². The molecule has 0 radical (unpaired) electrons. The van der Waals surface area contributed by atoms with Crippen LogP contribution in [0.3, 0.4) is 0 Å². The number of halogens is 2. The highest BCUT2D eigenvalue weighted by molar-refractivity contribution is 7.80. The lowest BCUT2D eigenvalue weighted by Crippen LogP contribution is -2.12. The van der Waals surface area contributed by atoms with Crippen molar-refractivity contribution in [1.82, 2.24) is 0 Å². The van der Waals surface area contributed by atoms with E-state index in [4.69, 9.17) is 34.3 Å². The predicted molar refractivity (Wildman–Crippen MR) is 83.6 cm³/mol. The van der Waals surface area contributed by atoms with E-state index in [1.54, 1.807) is 31.4 Å². The molecule has 0 aliphatic carbocycles. The van der Waals surface area contributed by atoms with Crippen molar-refractivity contribution in [2.45, 2.75) is 0 Å². The monoisotopic (exact) mass is 310 g/mol. The number of hydrogen-bond donors (Lipinski definition) is 2. The lowest BCUT2D eigenvalue weighted by molar-refractivity contribution is 0.415. The topological polar surface area (TPSA) is 47.3 Å². The second-order valence-corrected chi connectivity index (χ2v) is 4.88. The lowest BCUT2D eigenvalue weighted by atomic mass is 10.1. The van der Waals surface area contributed by atoms with E-state index in [1.165, 1.54) is 12.1 Å². The van der Waals surface area contributed by atoms with Gasteiger partial charge in [0, 0.05) is 17.3 Å². The summed E-state index contributed by atoms with van der Waals surface area (Å²) in [7, 11) is 1.56. The van der Waals surface area contributed by atoms with Crippen LogP contribution in [0.1, 0.15) is 5.56 Å². The molecule has 104 valence electrons.